The number of fused-ring (bicyclic) bond motifs is 1. The molecule has 3 aromatic heterocycles. The number of hydrogen-bond acceptors (Lipinski definition) is 7. The highest BCUT2D eigenvalue weighted by Gasteiger charge is 2.20. The van der Waals surface area contributed by atoms with Crippen LogP contribution in [0, 0.1) is 25.5 Å². The molecule has 0 amide bonds. The molecule has 0 fully saturated rings. The maximum Gasteiger partial charge on any atom is 0.183 e. The monoisotopic (exact) mass is 502 g/mol. The summed E-state index contributed by atoms with van der Waals surface area (Å²) in [4.78, 5) is 13.0. The van der Waals surface area contributed by atoms with E-state index in [9.17, 15) is 13.9 Å². The maximum absolute atomic E-state index is 14.8. The average Bonchev–Trinajstić information content (AvgIpc) is 3.24. The van der Waals surface area contributed by atoms with Gasteiger partial charge < -0.3 is 15.2 Å². The quantitative estimate of drug-likeness (QED) is 0.295. The Morgan fingerprint density at radius 3 is 2.54 bits per heavy atom. The molecule has 0 saturated carbocycles. The van der Waals surface area contributed by atoms with Crippen LogP contribution in [0.5, 0.6) is 11.5 Å². The third-order valence-corrected chi connectivity index (χ3v) is 5.87. The molecule has 2 aromatic carbocycles. The molecule has 10 heteroatoms. The normalized spacial score (nSPS) is 11.2. The van der Waals surface area contributed by atoms with Gasteiger partial charge in [-0.15, -0.1) is 0 Å². The van der Waals surface area contributed by atoms with Crippen molar-refractivity contribution in [3.05, 3.63) is 83.3 Å². The van der Waals surface area contributed by atoms with Gasteiger partial charge in [0.1, 0.15) is 23.1 Å². The summed E-state index contributed by atoms with van der Waals surface area (Å²) in [6, 6.07) is 11.5. The summed E-state index contributed by atoms with van der Waals surface area (Å²) in [5.74, 6) is -1.02. The second-order valence-corrected chi connectivity index (χ2v) is 8.51. The molecule has 0 radical (unpaired) electrons. The number of anilines is 2. The molecule has 0 spiro atoms. The fourth-order valence-corrected chi connectivity index (χ4v) is 4.02. The van der Waals surface area contributed by atoms with E-state index >= 15 is 0 Å². The number of halogens is 2. The van der Waals surface area contributed by atoms with Gasteiger partial charge in [0.05, 0.1) is 24.9 Å². The van der Waals surface area contributed by atoms with Crippen molar-refractivity contribution in [1.82, 2.24) is 24.7 Å². The van der Waals surface area contributed by atoms with E-state index in [1.165, 1.54) is 23.0 Å². The first-order valence-electron chi connectivity index (χ1n) is 11.7. The van der Waals surface area contributed by atoms with Gasteiger partial charge in [0, 0.05) is 40.7 Å². The SMILES string of the molecule is CCOc1cc(F)c(Cn2nc(-c3ncc(O)c(Nc4cc(C)ncc4C)n3)c3ccccc32)c(F)c1. The zero-order valence-electron chi connectivity index (χ0n) is 20.5. The first kappa shape index (κ1) is 24.1. The lowest BCUT2D eigenvalue weighted by Gasteiger charge is -2.11. The summed E-state index contributed by atoms with van der Waals surface area (Å²) in [6.45, 7) is 5.65. The van der Waals surface area contributed by atoms with Gasteiger partial charge in [0.2, 0.25) is 0 Å². The van der Waals surface area contributed by atoms with Crippen molar-refractivity contribution in [2.45, 2.75) is 27.3 Å². The fourth-order valence-electron chi connectivity index (χ4n) is 4.02. The zero-order chi connectivity index (χ0) is 26.1. The van der Waals surface area contributed by atoms with Gasteiger partial charge in [0.15, 0.2) is 17.4 Å². The molecular formula is C27H24F2N6O2. The van der Waals surface area contributed by atoms with Crippen molar-refractivity contribution in [2.75, 3.05) is 11.9 Å². The molecule has 5 rings (SSSR count). The number of aromatic nitrogens is 5. The van der Waals surface area contributed by atoms with Crippen LogP contribution in [-0.2, 0) is 6.54 Å². The van der Waals surface area contributed by atoms with Crippen molar-refractivity contribution in [3.8, 4) is 23.0 Å². The van der Waals surface area contributed by atoms with Crippen LogP contribution in [0.3, 0.4) is 0 Å². The number of aryl methyl sites for hydroxylation is 2. The summed E-state index contributed by atoms with van der Waals surface area (Å²) in [7, 11) is 0. The van der Waals surface area contributed by atoms with Gasteiger partial charge in [-0.1, -0.05) is 18.2 Å². The van der Waals surface area contributed by atoms with Crippen molar-refractivity contribution in [2.24, 2.45) is 0 Å². The smallest absolute Gasteiger partial charge is 0.183 e. The largest absolute Gasteiger partial charge is 0.503 e. The van der Waals surface area contributed by atoms with Crippen LogP contribution < -0.4 is 10.1 Å². The van der Waals surface area contributed by atoms with Crippen LogP contribution >= 0.6 is 0 Å². The predicted octanol–water partition coefficient (Wildman–Crippen LogP) is 5.68. The Bertz CT molecular complexity index is 1600. The topological polar surface area (TPSA) is 98.0 Å². The molecule has 37 heavy (non-hydrogen) atoms. The Hall–Kier alpha value is -4.60. The number of nitrogens with zero attached hydrogens (tertiary/aromatic N) is 5. The third kappa shape index (κ3) is 4.77. The molecule has 5 aromatic rings. The number of hydrogen-bond donors (Lipinski definition) is 2. The number of benzene rings is 2. The summed E-state index contributed by atoms with van der Waals surface area (Å²) in [6.07, 6.45) is 3.01. The predicted molar refractivity (Wildman–Crippen MR) is 136 cm³/mol. The molecule has 8 nitrogen and oxygen atoms in total. The molecule has 188 valence electrons. The first-order valence-corrected chi connectivity index (χ1v) is 11.7. The fraction of sp³-hybridized carbons (Fsp3) is 0.185. The van der Waals surface area contributed by atoms with Crippen molar-refractivity contribution < 1.29 is 18.6 Å². The molecule has 0 atom stereocenters. The van der Waals surface area contributed by atoms with Gasteiger partial charge in [-0.3, -0.25) is 9.67 Å². The van der Waals surface area contributed by atoms with Crippen LogP contribution in [0.25, 0.3) is 22.4 Å². The highest BCUT2D eigenvalue weighted by Crippen LogP contribution is 2.32. The van der Waals surface area contributed by atoms with Crippen LogP contribution in [0.15, 0.2) is 54.9 Å². The lowest BCUT2D eigenvalue weighted by Crippen LogP contribution is -2.07. The van der Waals surface area contributed by atoms with Gasteiger partial charge in [-0.25, -0.2) is 18.7 Å². The summed E-state index contributed by atoms with van der Waals surface area (Å²) >= 11 is 0. The van der Waals surface area contributed by atoms with Gasteiger partial charge in [0.25, 0.3) is 0 Å². The van der Waals surface area contributed by atoms with E-state index in [1.54, 1.807) is 19.2 Å². The lowest BCUT2D eigenvalue weighted by atomic mass is 10.1. The zero-order valence-corrected chi connectivity index (χ0v) is 20.5. The summed E-state index contributed by atoms with van der Waals surface area (Å²) in [5, 5.41) is 18.9. The molecule has 0 unspecified atom stereocenters. The highest BCUT2D eigenvalue weighted by molar-refractivity contribution is 5.92. The van der Waals surface area contributed by atoms with Crippen LogP contribution in [0.1, 0.15) is 23.7 Å². The van der Waals surface area contributed by atoms with E-state index in [0.29, 0.717) is 23.2 Å². The Kier molecular flexibility index (Phi) is 6.39. The number of nitrogens with one attached hydrogen (secondary N) is 1. The minimum atomic E-state index is -0.722. The number of pyridine rings is 1. The summed E-state index contributed by atoms with van der Waals surface area (Å²) < 4.78 is 36.3. The van der Waals surface area contributed by atoms with E-state index in [2.05, 4.69) is 25.4 Å². The van der Waals surface area contributed by atoms with Crippen molar-refractivity contribution >= 4 is 22.4 Å². The van der Waals surface area contributed by atoms with E-state index in [-0.39, 0.29) is 35.2 Å². The van der Waals surface area contributed by atoms with Crippen LogP contribution in [0.4, 0.5) is 20.3 Å². The number of para-hydroxylation sites is 1. The molecule has 0 aliphatic carbocycles. The molecule has 0 aliphatic heterocycles. The van der Waals surface area contributed by atoms with Gasteiger partial charge in [-0.2, -0.15) is 5.10 Å². The standard InChI is InChI=1S/C27H24F2N6O2/c1-4-37-17-10-20(28)19(21(29)11-17)14-35-23-8-6-5-7-18(23)25(34-35)27-31-13-24(36)26(33-27)32-22-9-16(3)30-12-15(22)2/h5-13,36H,4,14H2,1-3H3,(H,30,31,32,33). The minimum Gasteiger partial charge on any atom is -0.503 e. The third-order valence-electron chi connectivity index (χ3n) is 5.87. The second kappa shape index (κ2) is 9.81. The van der Waals surface area contributed by atoms with Crippen molar-refractivity contribution in [1.29, 1.82) is 0 Å². The Balaban J connectivity index is 1.55. The number of rotatable bonds is 7. The Morgan fingerprint density at radius 2 is 1.78 bits per heavy atom. The molecule has 0 aliphatic rings. The molecule has 0 bridgehead atoms. The number of ether oxygens (including phenoxy) is 1. The van der Waals surface area contributed by atoms with Gasteiger partial charge >= 0.3 is 0 Å². The molecule has 2 N–H and O–H groups in total. The minimum absolute atomic E-state index is 0.129. The summed E-state index contributed by atoms with van der Waals surface area (Å²) in [5.41, 5.74) is 3.34. The Morgan fingerprint density at radius 1 is 1.03 bits per heavy atom. The maximum atomic E-state index is 14.8. The average molecular weight is 503 g/mol. The van der Waals surface area contributed by atoms with E-state index in [1.807, 2.05) is 38.1 Å². The van der Waals surface area contributed by atoms with Crippen LogP contribution in [-0.4, -0.2) is 36.4 Å². The number of aromatic hydroxyl groups is 1. The molecule has 0 saturated heterocycles. The van der Waals surface area contributed by atoms with Crippen molar-refractivity contribution in [3.63, 3.8) is 0 Å². The lowest BCUT2D eigenvalue weighted by molar-refractivity contribution is 0.335. The van der Waals surface area contributed by atoms with E-state index in [0.717, 1.165) is 16.9 Å². The molecular weight excluding hydrogens is 478 g/mol. The van der Waals surface area contributed by atoms with E-state index in [4.69, 9.17) is 4.74 Å². The van der Waals surface area contributed by atoms with Crippen LogP contribution in [0.2, 0.25) is 0 Å². The first-order chi connectivity index (χ1) is 17.8. The van der Waals surface area contributed by atoms with E-state index < -0.39 is 11.6 Å². The molecule has 3 heterocycles. The second-order valence-electron chi connectivity index (χ2n) is 8.51. The van der Waals surface area contributed by atoms with Gasteiger partial charge in [-0.05, 0) is 38.5 Å². The Labute approximate surface area is 211 Å². The highest BCUT2D eigenvalue weighted by atomic mass is 19.1.